The first-order chi connectivity index (χ1) is 13.6. The van der Waals surface area contributed by atoms with Crippen LogP contribution >= 0.6 is 11.5 Å². The van der Waals surface area contributed by atoms with Crippen molar-refractivity contribution in [3.8, 4) is 10.9 Å². The van der Waals surface area contributed by atoms with Crippen molar-refractivity contribution >= 4 is 17.4 Å². The van der Waals surface area contributed by atoms with E-state index in [1.807, 2.05) is 43.0 Å². The van der Waals surface area contributed by atoms with Gasteiger partial charge in [-0.1, -0.05) is 24.3 Å². The molecule has 0 radical (unpaired) electrons. The second kappa shape index (κ2) is 9.41. The number of aromatic nitrogens is 2. The molecule has 28 heavy (non-hydrogen) atoms. The molecule has 0 saturated carbocycles. The van der Waals surface area contributed by atoms with Crippen LogP contribution in [0, 0.1) is 5.82 Å². The minimum atomic E-state index is -0.263. The van der Waals surface area contributed by atoms with E-state index in [0.29, 0.717) is 42.7 Å². The van der Waals surface area contributed by atoms with E-state index in [-0.39, 0.29) is 11.7 Å². The van der Waals surface area contributed by atoms with E-state index < -0.39 is 0 Å². The first-order valence-corrected chi connectivity index (χ1v) is 9.96. The highest BCUT2D eigenvalue weighted by atomic mass is 32.1. The topological polar surface area (TPSA) is 55.3 Å². The Morgan fingerprint density at radius 3 is 2.32 bits per heavy atom. The number of benzene rings is 2. The molecule has 146 valence electrons. The van der Waals surface area contributed by atoms with Crippen molar-refractivity contribution < 1.29 is 13.9 Å². The third-order valence-corrected chi connectivity index (χ3v) is 4.96. The largest absolute Gasteiger partial charge is 0.430 e. The predicted octanol–water partition coefficient (Wildman–Crippen LogP) is 4.47. The first kappa shape index (κ1) is 19.9. The monoisotopic (exact) mass is 399 g/mol. The van der Waals surface area contributed by atoms with Gasteiger partial charge >= 0.3 is 0 Å². The van der Waals surface area contributed by atoms with Crippen molar-refractivity contribution in [2.45, 2.75) is 26.7 Å². The summed E-state index contributed by atoms with van der Waals surface area (Å²) in [5.41, 5.74) is 1.88. The van der Waals surface area contributed by atoms with Gasteiger partial charge < -0.3 is 9.64 Å². The van der Waals surface area contributed by atoms with E-state index in [9.17, 15) is 9.18 Å². The number of halogens is 1. The predicted molar refractivity (Wildman–Crippen MR) is 107 cm³/mol. The maximum atomic E-state index is 13.0. The van der Waals surface area contributed by atoms with Crippen LogP contribution in [0.4, 0.5) is 4.39 Å². The normalized spacial score (nSPS) is 10.7. The van der Waals surface area contributed by atoms with Crippen molar-refractivity contribution in [1.29, 1.82) is 0 Å². The van der Waals surface area contributed by atoms with E-state index >= 15 is 0 Å². The third-order valence-electron chi connectivity index (χ3n) is 4.32. The van der Waals surface area contributed by atoms with Gasteiger partial charge in [-0.05, 0) is 49.2 Å². The fourth-order valence-corrected chi connectivity index (χ4v) is 3.34. The number of carbonyl (C=O) groups excluding carboxylic acids is 1. The van der Waals surface area contributed by atoms with Gasteiger partial charge in [-0.15, -0.1) is 0 Å². The van der Waals surface area contributed by atoms with Crippen molar-refractivity contribution in [3.05, 3.63) is 71.3 Å². The van der Waals surface area contributed by atoms with E-state index in [1.165, 1.54) is 23.7 Å². The number of hydrogen-bond acceptors (Lipinski definition) is 5. The number of amides is 1. The molecule has 1 amide bonds. The van der Waals surface area contributed by atoms with Crippen molar-refractivity contribution in [3.63, 3.8) is 0 Å². The molecular weight excluding hydrogens is 377 g/mol. The van der Waals surface area contributed by atoms with Gasteiger partial charge in [0, 0.05) is 31.0 Å². The van der Waals surface area contributed by atoms with Crippen LogP contribution in [0.15, 0.2) is 48.5 Å². The van der Waals surface area contributed by atoms with Crippen molar-refractivity contribution in [2.24, 2.45) is 0 Å². The Kier molecular flexibility index (Phi) is 6.71. The van der Waals surface area contributed by atoms with Crippen LogP contribution in [0.1, 0.15) is 30.8 Å². The Morgan fingerprint density at radius 1 is 1.04 bits per heavy atom. The molecule has 0 unspecified atom stereocenters. The number of carbonyl (C=O) groups is 1. The van der Waals surface area contributed by atoms with Crippen LogP contribution in [0.3, 0.4) is 0 Å². The summed E-state index contributed by atoms with van der Waals surface area (Å²) in [4.78, 5) is 18.4. The van der Waals surface area contributed by atoms with Crippen molar-refractivity contribution in [1.82, 2.24) is 14.3 Å². The summed E-state index contributed by atoms with van der Waals surface area (Å²) in [7, 11) is 0. The molecule has 3 aromatic rings. The van der Waals surface area contributed by atoms with Crippen LogP contribution in [0.2, 0.25) is 0 Å². The smallest absolute Gasteiger partial charge is 0.298 e. The lowest BCUT2D eigenvalue weighted by atomic mass is 10.1. The third kappa shape index (κ3) is 5.36. The Morgan fingerprint density at radius 2 is 1.68 bits per heavy atom. The molecule has 0 spiro atoms. The fraction of sp³-hybridized carbons (Fsp3) is 0.286. The van der Waals surface area contributed by atoms with Crippen LogP contribution in [-0.4, -0.2) is 33.3 Å². The van der Waals surface area contributed by atoms with Crippen LogP contribution < -0.4 is 4.74 Å². The van der Waals surface area contributed by atoms with E-state index in [0.717, 1.165) is 11.1 Å². The zero-order valence-electron chi connectivity index (χ0n) is 15.9. The van der Waals surface area contributed by atoms with Gasteiger partial charge in [-0.3, -0.25) is 4.79 Å². The summed E-state index contributed by atoms with van der Waals surface area (Å²) in [5, 5.41) is 0.448. The SMILES string of the molecule is CCN(CC)C(=O)Cc1ccc(Oc2nc(Cc3ccc(F)cc3)ns2)cc1. The molecule has 5 nitrogen and oxygen atoms in total. The molecule has 0 aliphatic rings. The lowest BCUT2D eigenvalue weighted by Crippen LogP contribution is -2.31. The van der Waals surface area contributed by atoms with E-state index in [1.54, 1.807) is 12.1 Å². The Hall–Kier alpha value is -2.80. The van der Waals surface area contributed by atoms with Gasteiger partial charge in [0.05, 0.1) is 6.42 Å². The average molecular weight is 399 g/mol. The molecule has 0 bridgehead atoms. The number of nitrogens with zero attached hydrogens (tertiary/aromatic N) is 3. The maximum Gasteiger partial charge on any atom is 0.298 e. The highest BCUT2D eigenvalue weighted by Crippen LogP contribution is 2.24. The molecule has 1 heterocycles. The molecule has 0 atom stereocenters. The minimum Gasteiger partial charge on any atom is -0.430 e. The summed E-state index contributed by atoms with van der Waals surface area (Å²) in [5.74, 6) is 1.13. The van der Waals surface area contributed by atoms with Gasteiger partial charge in [0.25, 0.3) is 5.19 Å². The quantitative estimate of drug-likeness (QED) is 0.561. The molecule has 0 fully saturated rings. The average Bonchev–Trinajstić information content (AvgIpc) is 3.13. The van der Waals surface area contributed by atoms with Gasteiger partial charge in [0.2, 0.25) is 5.91 Å². The molecule has 1 aromatic heterocycles. The number of ether oxygens (including phenoxy) is 1. The molecule has 2 aromatic carbocycles. The van der Waals surface area contributed by atoms with Gasteiger partial charge in [0.1, 0.15) is 11.6 Å². The van der Waals surface area contributed by atoms with Crippen LogP contribution in [0.25, 0.3) is 0 Å². The lowest BCUT2D eigenvalue weighted by Gasteiger charge is -2.18. The standard InChI is InChI=1S/C21H22FN3O2S/c1-3-25(4-2)20(26)14-16-7-11-18(12-8-16)27-21-23-19(24-28-21)13-15-5-9-17(22)10-6-15/h5-12H,3-4,13-14H2,1-2H3. The zero-order chi connectivity index (χ0) is 19.9. The summed E-state index contributed by atoms with van der Waals surface area (Å²) in [6.07, 6.45) is 0.898. The number of rotatable bonds is 8. The Bertz CT molecular complexity index is 906. The molecule has 0 N–H and O–H groups in total. The van der Waals surface area contributed by atoms with Gasteiger partial charge in [-0.2, -0.15) is 9.36 Å². The lowest BCUT2D eigenvalue weighted by molar-refractivity contribution is -0.130. The second-order valence-electron chi connectivity index (χ2n) is 6.27. The molecular formula is C21H22FN3O2S. The van der Waals surface area contributed by atoms with Gasteiger partial charge in [-0.25, -0.2) is 4.39 Å². The van der Waals surface area contributed by atoms with Crippen LogP contribution in [-0.2, 0) is 17.6 Å². The minimum absolute atomic E-state index is 0.119. The molecule has 7 heteroatoms. The molecule has 3 rings (SSSR count). The van der Waals surface area contributed by atoms with Crippen molar-refractivity contribution in [2.75, 3.05) is 13.1 Å². The summed E-state index contributed by atoms with van der Waals surface area (Å²) >= 11 is 1.17. The highest BCUT2D eigenvalue weighted by Gasteiger charge is 2.11. The number of likely N-dealkylation sites (N-methyl/N-ethyl adjacent to an activating group) is 1. The summed E-state index contributed by atoms with van der Waals surface area (Å²) in [6, 6.07) is 13.7. The molecule has 0 saturated heterocycles. The Labute approximate surface area is 168 Å². The van der Waals surface area contributed by atoms with E-state index in [4.69, 9.17) is 4.74 Å². The highest BCUT2D eigenvalue weighted by molar-refractivity contribution is 7.07. The summed E-state index contributed by atoms with van der Waals surface area (Å²) in [6.45, 7) is 5.39. The van der Waals surface area contributed by atoms with E-state index in [2.05, 4.69) is 9.36 Å². The van der Waals surface area contributed by atoms with Crippen LogP contribution in [0.5, 0.6) is 10.9 Å². The molecule has 0 aliphatic heterocycles. The Balaban J connectivity index is 1.58. The first-order valence-electron chi connectivity index (χ1n) is 9.19. The number of hydrogen-bond donors (Lipinski definition) is 0. The second-order valence-corrected chi connectivity index (χ2v) is 6.98. The molecule has 0 aliphatic carbocycles. The fourth-order valence-electron chi connectivity index (χ4n) is 2.77. The maximum absolute atomic E-state index is 13.0. The summed E-state index contributed by atoms with van der Waals surface area (Å²) < 4.78 is 23.0. The van der Waals surface area contributed by atoms with Gasteiger partial charge in [0.15, 0.2) is 5.82 Å². The zero-order valence-corrected chi connectivity index (χ0v) is 16.7.